The van der Waals surface area contributed by atoms with Gasteiger partial charge in [-0.2, -0.15) is 0 Å². The van der Waals surface area contributed by atoms with Gasteiger partial charge in [0.1, 0.15) is 0 Å². The van der Waals surface area contributed by atoms with E-state index < -0.39 is 0 Å². The van der Waals surface area contributed by atoms with Gasteiger partial charge in [0.25, 0.3) is 0 Å². The van der Waals surface area contributed by atoms with E-state index in [9.17, 15) is 4.79 Å². The standard InChI is InChI=1S/C18H18N4O/c1-13-3-2-4-17(9-13)22-18(12-23)21-16-7-5-14(6-8-16)15(10-19)11-20/h2-12,19H,20H2,1H3,(H,21,22)/b15-11+,19-10?. The number of aliphatic imine (C=N–C) groups is 1. The number of rotatable bonds is 5. The lowest BCUT2D eigenvalue weighted by Crippen LogP contribution is -2.12. The third kappa shape index (κ3) is 4.38. The van der Waals surface area contributed by atoms with E-state index >= 15 is 0 Å². The number of carbonyl (C=O) groups is 1. The van der Waals surface area contributed by atoms with E-state index in [-0.39, 0.29) is 5.84 Å². The highest BCUT2D eigenvalue weighted by molar-refractivity contribution is 6.33. The molecule has 0 radical (unpaired) electrons. The molecule has 0 aliphatic carbocycles. The number of aldehydes is 1. The van der Waals surface area contributed by atoms with Crippen LogP contribution in [0.5, 0.6) is 0 Å². The molecule has 0 heterocycles. The van der Waals surface area contributed by atoms with E-state index in [4.69, 9.17) is 11.1 Å². The third-order valence-corrected chi connectivity index (χ3v) is 3.19. The summed E-state index contributed by atoms with van der Waals surface area (Å²) < 4.78 is 0. The molecule has 5 nitrogen and oxygen atoms in total. The van der Waals surface area contributed by atoms with E-state index in [1.54, 1.807) is 24.3 Å². The maximum atomic E-state index is 11.2. The Morgan fingerprint density at radius 1 is 1.22 bits per heavy atom. The van der Waals surface area contributed by atoms with Gasteiger partial charge in [-0.1, -0.05) is 24.3 Å². The lowest BCUT2D eigenvalue weighted by molar-refractivity contribution is -0.102. The van der Waals surface area contributed by atoms with Crippen molar-refractivity contribution in [2.75, 3.05) is 5.32 Å². The van der Waals surface area contributed by atoms with Crippen LogP contribution in [-0.4, -0.2) is 18.3 Å². The Balaban J connectivity index is 2.21. The summed E-state index contributed by atoms with van der Waals surface area (Å²) in [5.41, 5.74) is 9.44. The van der Waals surface area contributed by atoms with Crippen molar-refractivity contribution >= 4 is 35.3 Å². The van der Waals surface area contributed by atoms with Gasteiger partial charge in [0.2, 0.25) is 0 Å². The number of allylic oxidation sites excluding steroid dienone is 1. The monoisotopic (exact) mass is 306 g/mol. The smallest absolute Gasteiger partial charge is 0.185 e. The number of amidine groups is 1. The first-order valence-corrected chi connectivity index (χ1v) is 7.06. The molecule has 0 saturated heterocycles. The van der Waals surface area contributed by atoms with Gasteiger partial charge in [-0.3, -0.25) is 4.79 Å². The second-order valence-electron chi connectivity index (χ2n) is 4.92. The van der Waals surface area contributed by atoms with Crippen molar-refractivity contribution in [3.8, 4) is 0 Å². The number of anilines is 1. The number of hydrogen-bond acceptors (Lipinski definition) is 4. The van der Waals surface area contributed by atoms with Gasteiger partial charge >= 0.3 is 0 Å². The Hall–Kier alpha value is -3.21. The van der Waals surface area contributed by atoms with Crippen LogP contribution in [0.1, 0.15) is 11.1 Å². The predicted molar refractivity (Wildman–Crippen MR) is 95.4 cm³/mol. The van der Waals surface area contributed by atoms with Crippen molar-refractivity contribution < 1.29 is 4.79 Å². The Labute approximate surface area is 135 Å². The minimum Gasteiger partial charge on any atom is -0.404 e. The largest absolute Gasteiger partial charge is 0.404 e. The maximum Gasteiger partial charge on any atom is 0.185 e. The van der Waals surface area contributed by atoms with Gasteiger partial charge in [0.05, 0.1) is 5.69 Å². The Morgan fingerprint density at radius 3 is 2.52 bits per heavy atom. The first kappa shape index (κ1) is 16.2. The SMILES string of the molecule is Cc1cccc(NC(C=O)=Nc2ccc(/C(C=N)=C/N)cc2)c1. The van der Waals surface area contributed by atoms with Crippen molar-refractivity contribution in [1.29, 1.82) is 5.41 Å². The van der Waals surface area contributed by atoms with E-state index in [0.29, 0.717) is 17.5 Å². The molecule has 0 aliphatic heterocycles. The van der Waals surface area contributed by atoms with Gasteiger partial charge < -0.3 is 16.5 Å². The molecular weight excluding hydrogens is 288 g/mol. The summed E-state index contributed by atoms with van der Waals surface area (Å²) in [5.74, 6) is 0.227. The minimum absolute atomic E-state index is 0.227. The molecule has 0 aliphatic rings. The van der Waals surface area contributed by atoms with Crippen LogP contribution in [0.2, 0.25) is 0 Å². The first-order chi connectivity index (χ1) is 11.2. The highest BCUT2D eigenvalue weighted by atomic mass is 16.1. The summed E-state index contributed by atoms with van der Waals surface area (Å²) >= 11 is 0. The molecule has 23 heavy (non-hydrogen) atoms. The summed E-state index contributed by atoms with van der Waals surface area (Å²) in [6.45, 7) is 1.98. The second-order valence-corrected chi connectivity index (χ2v) is 4.92. The fourth-order valence-corrected chi connectivity index (χ4v) is 2.05. The van der Waals surface area contributed by atoms with Crippen LogP contribution in [-0.2, 0) is 4.79 Å². The van der Waals surface area contributed by atoms with E-state index in [2.05, 4.69) is 10.3 Å². The molecule has 2 rings (SSSR count). The number of carbonyl (C=O) groups excluding carboxylic acids is 1. The molecule has 0 spiro atoms. The lowest BCUT2D eigenvalue weighted by Gasteiger charge is -2.06. The molecule has 116 valence electrons. The number of nitrogens with two attached hydrogens (primary N) is 1. The first-order valence-electron chi connectivity index (χ1n) is 7.06. The average molecular weight is 306 g/mol. The zero-order valence-electron chi connectivity index (χ0n) is 12.8. The summed E-state index contributed by atoms with van der Waals surface area (Å²) in [6.07, 6.45) is 3.24. The van der Waals surface area contributed by atoms with Crippen LogP contribution in [0.3, 0.4) is 0 Å². The molecule has 0 amide bonds. The van der Waals surface area contributed by atoms with Crippen LogP contribution < -0.4 is 11.1 Å². The number of hydrogen-bond donors (Lipinski definition) is 3. The fraction of sp³-hybridized carbons (Fsp3) is 0.0556. The summed E-state index contributed by atoms with van der Waals surface area (Å²) in [7, 11) is 0. The van der Waals surface area contributed by atoms with Gasteiger partial charge in [-0.05, 0) is 42.3 Å². The molecule has 0 unspecified atom stereocenters. The maximum absolute atomic E-state index is 11.2. The predicted octanol–water partition coefficient (Wildman–Crippen LogP) is 3.29. The highest BCUT2D eigenvalue weighted by Gasteiger charge is 2.01. The molecule has 0 atom stereocenters. The zero-order valence-corrected chi connectivity index (χ0v) is 12.8. The van der Waals surface area contributed by atoms with Crippen LogP contribution >= 0.6 is 0 Å². The van der Waals surface area contributed by atoms with Crippen LogP contribution in [0.25, 0.3) is 5.57 Å². The third-order valence-electron chi connectivity index (χ3n) is 3.19. The molecule has 0 saturated carbocycles. The molecule has 0 fully saturated rings. The van der Waals surface area contributed by atoms with E-state index in [1.165, 1.54) is 12.4 Å². The van der Waals surface area contributed by atoms with Crippen LogP contribution in [0.4, 0.5) is 11.4 Å². The number of aryl methyl sites for hydroxylation is 1. The normalized spacial score (nSPS) is 11.9. The Kier molecular flexibility index (Phi) is 5.41. The molecule has 0 aromatic heterocycles. The molecule has 4 N–H and O–H groups in total. The lowest BCUT2D eigenvalue weighted by atomic mass is 10.1. The van der Waals surface area contributed by atoms with Gasteiger partial charge in [0.15, 0.2) is 12.1 Å². The fourth-order valence-electron chi connectivity index (χ4n) is 2.05. The van der Waals surface area contributed by atoms with Crippen molar-refractivity contribution in [2.24, 2.45) is 10.7 Å². The van der Waals surface area contributed by atoms with Crippen LogP contribution in [0, 0.1) is 12.3 Å². The number of nitrogens with one attached hydrogen (secondary N) is 2. The zero-order chi connectivity index (χ0) is 16.7. The van der Waals surface area contributed by atoms with E-state index in [1.807, 2.05) is 31.2 Å². The highest BCUT2D eigenvalue weighted by Crippen LogP contribution is 2.18. The topological polar surface area (TPSA) is 91.3 Å². The second kappa shape index (κ2) is 7.70. The van der Waals surface area contributed by atoms with Crippen molar-refractivity contribution in [3.05, 3.63) is 65.9 Å². The Bertz CT molecular complexity index is 761. The average Bonchev–Trinajstić information content (AvgIpc) is 2.57. The summed E-state index contributed by atoms with van der Waals surface area (Å²) in [5, 5.41) is 10.3. The molecule has 2 aromatic carbocycles. The quantitative estimate of drug-likeness (QED) is 0.449. The van der Waals surface area contributed by atoms with Gasteiger partial charge in [-0.25, -0.2) is 4.99 Å². The summed E-state index contributed by atoms with van der Waals surface area (Å²) in [6, 6.07) is 14.8. The van der Waals surface area contributed by atoms with Gasteiger partial charge in [0, 0.05) is 23.7 Å². The summed E-state index contributed by atoms with van der Waals surface area (Å²) in [4.78, 5) is 15.5. The molecular formula is C18H18N4O. The number of nitrogens with zero attached hydrogens (tertiary/aromatic N) is 1. The van der Waals surface area contributed by atoms with Crippen molar-refractivity contribution in [3.63, 3.8) is 0 Å². The number of benzene rings is 2. The van der Waals surface area contributed by atoms with Crippen LogP contribution in [0.15, 0.2) is 59.7 Å². The molecule has 0 bridgehead atoms. The van der Waals surface area contributed by atoms with Crippen molar-refractivity contribution in [1.82, 2.24) is 0 Å². The van der Waals surface area contributed by atoms with Crippen molar-refractivity contribution in [2.45, 2.75) is 6.92 Å². The Morgan fingerprint density at radius 2 is 1.96 bits per heavy atom. The molecule has 2 aromatic rings. The minimum atomic E-state index is 0.227. The van der Waals surface area contributed by atoms with Gasteiger partial charge in [-0.15, -0.1) is 0 Å². The molecule has 5 heteroatoms. The van der Waals surface area contributed by atoms with E-state index in [0.717, 1.165) is 16.8 Å².